The predicted octanol–water partition coefficient (Wildman–Crippen LogP) is 9.63. The number of carbonyl (C=O) groups is 2. The summed E-state index contributed by atoms with van der Waals surface area (Å²) in [6, 6.07) is 7.70. The number of hydrogen-bond donors (Lipinski definition) is 0. The molecule has 3 aliphatic rings. The number of cyclic esters (lactones) is 1. The third-order valence-corrected chi connectivity index (χ3v) is 10.2. The van der Waals surface area contributed by atoms with Crippen LogP contribution in [0.5, 0.6) is 28.7 Å². The summed E-state index contributed by atoms with van der Waals surface area (Å²) in [5.74, 6) is 1.27. The molecule has 2 aromatic rings. The molecule has 268 valence electrons. The molecule has 5 rings (SSSR count). The lowest BCUT2D eigenvalue weighted by atomic mass is 9.67. The van der Waals surface area contributed by atoms with E-state index in [0.717, 1.165) is 48.1 Å². The van der Waals surface area contributed by atoms with Gasteiger partial charge < -0.3 is 28.4 Å². The first-order chi connectivity index (χ1) is 24.0. The van der Waals surface area contributed by atoms with Gasteiger partial charge >= 0.3 is 11.9 Å². The largest absolute Gasteiger partial charge is 0.493 e. The van der Waals surface area contributed by atoms with Gasteiger partial charge in [-0.2, -0.15) is 0 Å². The van der Waals surface area contributed by atoms with Crippen LogP contribution in [-0.2, 0) is 20.7 Å². The second-order valence-corrected chi connectivity index (χ2v) is 13.8. The second-order valence-electron chi connectivity index (χ2n) is 13.8. The van der Waals surface area contributed by atoms with Crippen molar-refractivity contribution in [3.05, 3.63) is 53.1 Å². The normalized spacial score (nSPS) is 19.1. The van der Waals surface area contributed by atoms with Crippen LogP contribution in [0.2, 0.25) is 0 Å². The smallest absolute Gasteiger partial charge is 0.311 e. The molecule has 8 nitrogen and oxygen atoms in total. The van der Waals surface area contributed by atoms with Gasteiger partial charge in [0.2, 0.25) is 12.5 Å². The van der Waals surface area contributed by atoms with Gasteiger partial charge in [-0.3, -0.25) is 9.59 Å². The molecule has 1 saturated heterocycles. The van der Waals surface area contributed by atoms with Gasteiger partial charge in [0.25, 0.3) is 0 Å². The molecular formula is C41H56O8. The molecular weight excluding hydrogens is 620 g/mol. The molecule has 3 atom stereocenters. The van der Waals surface area contributed by atoms with E-state index in [9.17, 15) is 9.59 Å². The van der Waals surface area contributed by atoms with E-state index in [4.69, 9.17) is 28.4 Å². The van der Waals surface area contributed by atoms with Gasteiger partial charge in [-0.25, -0.2) is 0 Å². The SMILES string of the molecule is CCCCCCCC/C=C/CCCCCCCCCC(=O)Oc1c(OC)cc([C@@H]2c3cc4c(cc3C[C@H]3COC(=O)[C@@H]32)OCO4)cc1OC. The molecule has 2 aromatic carbocycles. The van der Waals surface area contributed by atoms with Crippen LogP contribution < -0.4 is 23.7 Å². The molecule has 2 heterocycles. The maximum absolute atomic E-state index is 13.0. The quantitative estimate of drug-likeness (QED) is 0.0559. The van der Waals surface area contributed by atoms with Crippen LogP contribution in [0, 0.1) is 11.8 Å². The van der Waals surface area contributed by atoms with Crippen molar-refractivity contribution in [2.24, 2.45) is 11.8 Å². The summed E-state index contributed by atoms with van der Waals surface area (Å²) in [6.45, 7) is 2.83. The Bertz CT molecular complexity index is 1390. The van der Waals surface area contributed by atoms with Gasteiger partial charge in [-0.05, 0) is 79.5 Å². The van der Waals surface area contributed by atoms with Crippen LogP contribution >= 0.6 is 0 Å². The highest BCUT2D eigenvalue weighted by Crippen LogP contribution is 2.52. The molecule has 0 bridgehead atoms. The Hall–Kier alpha value is -3.68. The number of allylic oxidation sites excluding steroid dienone is 2. The topological polar surface area (TPSA) is 89.5 Å². The molecule has 1 aliphatic carbocycles. The first-order valence-electron chi connectivity index (χ1n) is 18.7. The first kappa shape index (κ1) is 36.6. The lowest BCUT2D eigenvalue weighted by molar-refractivity contribution is -0.141. The van der Waals surface area contributed by atoms with E-state index in [0.29, 0.717) is 30.3 Å². The summed E-state index contributed by atoms with van der Waals surface area (Å²) in [5.41, 5.74) is 2.92. The van der Waals surface area contributed by atoms with Crippen molar-refractivity contribution < 1.29 is 38.0 Å². The van der Waals surface area contributed by atoms with Crippen LogP contribution in [-0.4, -0.2) is 39.6 Å². The zero-order chi connectivity index (χ0) is 34.4. The van der Waals surface area contributed by atoms with Crippen molar-refractivity contribution in [3.8, 4) is 28.7 Å². The standard InChI is InChI=1S/C41H56O8/c1-4-5-6-7-8-9-10-11-12-13-14-15-16-17-18-19-20-21-37(42)49-40-35(44-2)24-30(25-36(40)45-3)38-32-26-34-33(47-28-48-34)23-29(32)22-31-27-46-41(43)39(31)38/h11-12,23-26,31,38-39H,4-10,13-22,27-28H2,1-3H3/b12-11+/t31-,38+,39-/m0/s1. The number of benzene rings is 2. The minimum Gasteiger partial charge on any atom is -0.493 e. The van der Waals surface area contributed by atoms with Gasteiger partial charge in [0.05, 0.1) is 26.7 Å². The maximum Gasteiger partial charge on any atom is 0.311 e. The van der Waals surface area contributed by atoms with Crippen LogP contribution in [0.3, 0.4) is 0 Å². The van der Waals surface area contributed by atoms with Crippen molar-refractivity contribution in [2.75, 3.05) is 27.6 Å². The Morgan fingerprint density at radius 3 is 2.00 bits per heavy atom. The van der Waals surface area contributed by atoms with E-state index in [-0.39, 0.29) is 42.2 Å². The Labute approximate surface area is 292 Å². The highest BCUT2D eigenvalue weighted by molar-refractivity contribution is 5.79. The molecule has 0 amide bonds. The number of hydrogen-bond acceptors (Lipinski definition) is 8. The van der Waals surface area contributed by atoms with Gasteiger partial charge in [0, 0.05) is 18.3 Å². The molecule has 2 aliphatic heterocycles. The minimum absolute atomic E-state index is 0.0431. The number of fused-ring (bicyclic) bond motifs is 3. The molecule has 0 unspecified atom stereocenters. The van der Waals surface area contributed by atoms with Crippen LogP contribution in [0.15, 0.2) is 36.4 Å². The van der Waals surface area contributed by atoms with E-state index < -0.39 is 0 Å². The van der Waals surface area contributed by atoms with Crippen LogP contribution in [0.25, 0.3) is 0 Å². The van der Waals surface area contributed by atoms with E-state index in [2.05, 4.69) is 19.1 Å². The average Bonchev–Trinajstić information content (AvgIpc) is 3.73. The van der Waals surface area contributed by atoms with Crippen LogP contribution in [0.1, 0.15) is 132 Å². The average molecular weight is 677 g/mol. The number of carbonyl (C=O) groups excluding carboxylic acids is 2. The Balaban J connectivity index is 1.08. The number of ether oxygens (including phenoxy) is 6. The Morgan fingerprint density at radius 2 is 1.37 bits per heavy atom. The molecule has 0 spiro atoms. The fourth-order valence-electron chi connectivity index (χ4n) is 7.54. The van der Waals surface area contributed by atoms with Gasteiger partial charge in [-0.15, -0.1) is 0 Å². The Morgan fingerprint density at radius 1 is 0.776 bits per heavy atom. The third kappa shape index (κ3) is 9.73. The van der Waals surface area contributed by atoms with Gasteiger partial charge in [0.15, 0.2) is 23.0 Å². The molecule has 49 heavy (non-hydrogen) atoms. The summed E-state index contributed by atoms with van der Waals surface area (Å²) in [6.07, 6.45) is 24.2. The van der Waals surface area contributed by atoms with Crippen molar-refractivity contribution in [1.82, 2.24) is 0 Å². The van der Waals surface area contributed by atoms with Gasteiger partial charge in [-0.1, -0.05) is 83.3 Å². The summed E-state index contributed by atoms with van der Waals surface area (Å²) in [4.78, 5) is 26.0. The number of methoxy groups -OCH3 is 2. The van der Waals surface area contributed by atoms with E-state index in [1.807, 2.05) is 24.3 Å². The van der Waals surface area contributed by atoms with E-state index >= 15 is 0 Å². The highest BCUT2D eigenvalue weighted by atomic mass is 16.7. The van der Waals surface area contributed by atoms with E-state index in [1.54, 1.807) is 14.2 Å². The highest BCUT2D eigenvalue weighted by Gasteiger charge is 2.48. The fourth-order valence-corrected chi connectivity index (χ4v) is 7.54. The Kier molecular flexibility index (Phi) is 14.1. The van der Waals surface area contributed by atoms with Crippen LogP contribution in [0.4, 0.5) is 0 Å². The molecule has 1 fully saturated rings. The lowest BCUT2D eigenvalue weighted by Crippen LogP contribution is -2.31. The van der Waals surface area contributed by atoms with Gasteiger partial charge in [0.1, 0.15) is 0 Å². The second kappa shape index (κ2) is 18.9. The number of esters is 2. The molecule has 0 aromatic heterocycles. The zero-order valence-corrected chi connectivity index (χ0v) is 29.9. The van der Waals surface area contributed by atoms with Crippen molar-refractivity contribution in [2.45, 2.75) is 122 Å². The monoisotopic (exact) mass is 676 g/mol. The molecule has 0 N–H and O–H groups in total. The maximum atomic E-state index is 13.0. The van der Waals surface area contributed by atoms with Crippen molar-refractivity contribution in [1.29, 1.82) is 0 Å². The predicted molar refractivity (Wildman–Crippen MR) is 190 cm³/mol. The number of unbranched alkanes of at least 4 members (excludes halogenated alkanes) is 13. The minimum atomic E-state index is -0.354. The lowest BCUT2D eigenvalue weighted by Gasteiger charge is -2.34. The third-order valence-electron chi connectivity index (χ3n) is 10.2. The fraction of sp³-hybridized carbons (Fsp3) is 0.610. The molecule has 8 heteroatoms. The first-order valence-corrected chi connectivity index (χ1v) is 18.7. The zero-order valence-electron chi connectivity index (χ0n) is 29.9. The molecule has 0 saturated carbocycles. The summed E-state index contributed by atoms with van der Waals surface area (Å²) in [7, 11) is 3.09. The molecule has 0 radical (unpaired) electrons. The van der Waals surface area contributed by atoms with Crippen molar-refractivity contribution in [3.63, 3.8) is 0 Å². The van der Waals surface area contributed by atoms with E-state index in [1.165, 1.54) is 77.0 Å². The summed E-state index contributed by atoms with van der Waals surface area (Å²) < 4.78 is 34.2. The van der Waals surface area contributed by atoms with Crippen molar-refractivity contribution >= 4 is 11.9 Å². The summed E-state index contributed by atoms with van der Waals surface area (Å²) in [5, 5.41) is 0. The number of rotatable bonds is 21. The summed E-state index contributed by atoms with van der Waals surface area (Å²) >= 11 is 0.